The monoisotopic (exact) mass is 444 g/mol. The standard InChI is InChI=1S/C21H28N6O3S/c1-27(2)10-9-22-18-12-24-19(13-23-18)31(29,30)26-21(28)25-20-16-7-3-5-14(16)11-15-6-4-8-17(15)20/h11-13H,3-10H2,1-2H3,(H,22,23)(H2,25,26,28). The molecule has 0 atom stereocenters. The van der Waals surface area contributed by atoms with E-state index in [9.17, 15) is 13.2 Å². The van der Waals surface area contributed by atoms with Crippen molar-refractivity contribution in [3.05, 3.63) is 40.7 Å². The number of carbonyl (C=O) groups is 1. The van der Waals surface area contributed by atoms with Crippen LogP contribution in [0.25, 0.3) is 0 Å². The van der Waals surface area contributed by atoms with Gasteiger partial charge in [-0.2, -0.15) is 8.42 Å². The summed E-state index contributed by atoms with van der Waals surface area (Å²) in [4.78, 5) is 22.7. The summed E-state index contributed by atoms with van der Waals surface area (Å²) in [5.41, 5.74) is 5.60. The first kappa shape index (κ1) is 21.5. The first-order chi connectivity index (χ1) is 14.8. The predicted octanol–water partition coefficient (Wildman–Crippen LogP) is 1.94. The van der Waals surface area contributed by atoms with Crippen LogP contribution in [0, 0.1) is 0 Å². The van der Waals surface area contributed by atoms with Crippen LogP contribution in [-0.4, -0.2) is 56.5 Å². The number of urea groups is 1. The number of amides is 2. The van der Waals surface area contributed by atoms with E-state index >= 15 is 0 Å². The third-order valence-electron chi connectivity index (χ3n) is 5.71. The van der Waals surface area contributed by atoms with Crippen molar-refractivity contribution in [3.63, 3.8) is 0 Å². The largest absolute Gasteiger partial charge is 0.368 e. The smallest absolute Gasteiger partial charge is 0.333 e. The zero-order chi connectivity index (χ0) is 22.0. The van der Waals surface area contributed by atoms with Gasteiger partial charge in [0.2, 0.25) is 0 Å². The number of fused-ring (bicyclic) bond motifs is 2. The number of likely N-dealkylation sites (N-methyl/N-ethyl adjacent to an activating group) is 1. The molecule has 4 rings (SSSR count). The highest BCUT2D eigenvalue weighted by Gasteiger charge is 2.26. The molecule has 0 aliphatic heterocycles. The van der Waals surface area contributed by atoms with Gasteiger partial charge in [0, 0.05) is 18.8 Å². The Morgan fingerprint density at radius 2 is 1.71 bits per heavy atom. The molecule has 0 fully saturated rings. The molecule has 0 saturated carbocycles. The summed E-state index contributed by atoms with van der Waals surface area (Å²) in [6, 6.07) is 1.48. The van der Waals surface area contributed by atoms with Gasteiger partial charge in [-0.15, -0.1) is 0 Å². The SMILES string of the molecule is CN(C)CCNc1cnc(S(=O)(=O)NC(=O)Nc2c3c(cc4c2CCC4)CCC3)cn1. The molecule has 0 unspecified atom stereocenters. The molecule has 0 saturated heterocycles. The van der Waals surface area contributed by atoms with Crippen molar-refractivity contribution < 1.29 is 13.2 Å². The van der Waals surface area contributed by atoms with Crippen molar-refractivity contribution in [2.24, 2.45) is 0 Å². The molecule has 10 heteroatoms. The first-order valence-corrected chi connectivity index (χ1v) is 12.0. The average Bonchev–Trinajstić information content (AvgIpc) is 3.37. The van der Waals surface area contributed by atoms with Gasteiger partial charge in [0.1, 0.15) is 5.82 Å². The summed E-state index contributed by atoms with van der Waals surface area (Å²) in [7, 11) is -0.218. The summed E-state index contributed by atoms with van der Waals surface area (Å²) >= 11 is 0. The van der Waals surface area contributed by atoms with E-state index in [1.54, 1.807) is 0 Å². The fraction of sp³-hybridized carbons (Fsp3) is 0.476. The Morgan fingerprint density at radius 1 is 1.03 bits per heavy atom. The molecule has 3 N–H and O–H groups in total. The number of aryl methyl sites for hydroxylation is 2. The van der Waals surface area contributed by atoms with Crippen LogP contribution >= 0.6 is 0 Å². The molecule has 166 valence electrons. The van der Waals surface area contributed by atoms with Crippen molar-refractivity contribution in [1.29, 1.82) is 0 Å². The molecule has 2 aliphatic carbocycles. The van der Waals surface area contributed by atoms with E-state index in [1.807, 2.05) is 19.0 Å². The number of carbonyl (C=O) groups excluding carboxylic acids is 1. The van der Waals surface area contributed by atoms with Crippen molar-refractivity contribution in [3.8, 4) is 0 Å². The lowest BCUT2D eigenvalue weighted by Crippen LogP contribution is -2.35. The van der Waals surface area contributed by atoms with Gasteiger partial charge < -0.3 is 15.5 Å². The highest BCUT2D eigenvalue weighted by Crippen LogP contribution is 2.38. The van der Waals surface area contributed by atoms with Gasteiger partial charge in [0.05, 0.1) is 12.4 Å². The first-order valence-electron chi connectivity index (χ1n) is 10.5. The molecule has 1 aromatic carbocycles. The van der Waals surface area contributed by atoms with E-state index in [0.717, 1.165) is 68.1 Å². The van der Waals surface area contributed by atoms with Crippen molar-refractivity contribution in [2.45, 2.75) is 43.6 Å². The molecule has 2 aromatic rings. The van der Waals surface area contributed by atoms with Gasteiger partial charge >= 0.3 is 6.03 Å². The fourth-order valence-electron chi connectivity index (χ4n) is 4.23. The minimum atomic E-state index is -4.13. The highest BCUT2D eigenvalue weighted by atomic mass is 32.2. The summed E-state index contributed by atoms with van der Waals surface area (Å²) < 4.78 is 27.3. The van der Waals surface area contributed by atoms with Crippen LogP contribution in [0.15, 0.2) is 23.5 Å². The van der Waals surface area contributed by atoms with Crippen molar-refractivity contribution in [1.82, 2.24) is 19.6 Å². The Balaban J connectivity index is 1.44. The lowest BCUT2D eigenvalue weighted by molar-refractivity contribution is 0.256. The lowest BCUT2D eigenvalue weighted by Gasteiger charge is -2.16. The van der Waals surface area contributed by atoms with Gasteiger partial charge in [-0.05, 0) is 74.9 Å². The van der Waals surface area contributed by atoms with E-state index in [-0.39, 0.29) is 5.03 Å². The fourth-order valence-corrected chi connectivity index (χ4v) is 5.02. The third kappa shape index (κ3) is 4.80. The number of sulfonamides is 1. The van der Waals surface area contributed by atoms with Gasteiger partial charge in [-0.25, -0.2) is 19.5 Å². The molecule has 0 bridgehead atoms. The van der Waals surface area contributed by atoms with Crippen LogP contribution < -0.4 is 15.4 Å². The van der Waals surface area contributed by atoms with Crippen LogP contribution in [-0.2, 0) is 35.7 Å². The number of aromatic nitrogens is 2. The Morgan fingerprint density at radius 3 is 2.29 bits per heavy atom. The number of anilines is 2. The maximum atomic E-state index is 12.6. The molecule has 2 aliphatic rings. The zero-order valence-corrected chi connectivity index (χ0v) is 18.7. The van der Waals surface area contributed by atoms with E-state index in [0.29, 0.717) is 12.4 Å². The van der Waals surface area contributed by atoms with Crippen LogP contribution in [0.1, 0.15) is 35.1 Å². The van der Waals surface area contributed by atoms with Crippen LogP contribution in [0.2, 0.25) is 0 Å². The van der Waals surface area contributed by atoms with Gasteiger partial charge in [0.25, 0.3) is 10.0 Å². The number of rotatable bonds is 7. The average molecular weight is 445 g/mol. The summed E-state index contributed by atoms with van der Waals surface area (Å²) in [5.74, 6) is 0.473. The predicted molar refractivity (Wildman–Crippen MR) is 119 cm³/mol. The summed E-state index contributed by atoms with van der Waals surface area (Å²) in [5, 5.41) is 5.59. The molecular weight excluding hydrogens is 416 g/mol. The molecule has 9 nitrogen and oxygen atoms in total. The van der Waals surface area contributed by atoms with E-state index in [1.165, 1.54) is 17.3 Å². The number of hydrogen-bond acceptors (Lipinski definition) is 7. The highest BCUT2D eigenvalue weighted by molar-refractivity contribution is 7.90. The Hall–Kier alpha value is -2.72. The lowest BCUT2D eigenvalue weighted by atomic mass is 9.99. The Labute approximate surface area is 182 Å². The molecule has 0 radical (unpaired) electrons. The Bertz CT molecular complexity index is 1050. The number of nitrogens with zero attached hydrogens (tertiary/aromatic N) is 3. The van der Waals surface area contributed by atoms with E-state index < -0.39 is 16.1 Å². The topological polar surface area (TPSA) is 116 Å². The third-order valence-corrected chi connectivity index (χ3v) is 6.92. The number of benzene rings is 1. The van der Waals surface area contributed by atoms with Gasteiger partial charge in [-0.3, -0.25) is 0 Å². The maximum absolute atomic E-state index is 12.6. The quantitative estimate of drug-likeness (QED) is 0.597. The van der Waals surface area contributed by atoms with E-state index in [2.05, 4.69) is 31.4 Å². The zero-order valence-electron chi connectivity index (χ0n) is 17.9. The number of nitrogens with one attached hydrogen (secondary N) is 3. The molecular formula is C21H28N6O3S. The summed E-state index contributed by atoms with van der Waals surface area (Å²) in [6.07, 6.45) is 8.40. The minimum absolute atomic E-state index is 0.302. The van der Waals surface area contributed by atoms with Crippen LogP contribution in [0.5, 0.6) is 0 Å². The normalized spacial score (nSPS) is 14.9. The van der Waals surface area contributed by atoms with Crippen molar-refractivity contribution >= 4 is 27.6 Å². The van der Waals surface area contributed by atoms with Gasteiger partial charge in [0.15, 0.2) is 5.03 Å². The molecule has 1 heterocycles. The van der Waals surface area contributed by atoms with Crippen molar-refractivity contribution in [2.75, 3.05) is 37.8 Å². The second-order valence-electron chi connectivity index (χ2n) is 8.26. The molecule has 31 heavy (non-hydrogen) atoms. The number of hydrogen-bond donors (Lipinski definition) is 3. The van der Waals surface area contributed by atoms with E-state index in [4.69, 9.17) is 0 Å². The minimum Gasteiger partial charge on any atom is -0.368 e. The second-order valence-corrected chi connectivity index (χ2v) is 9.89. The maximum Gasteiger partial charge on any atom is 0.333 e. The van der Waals surface area contributed by atoms with Crippen LogP contribution in [0.4, 0.5) is 16.3 Å². The molecule has 0 spiro atoms. The molecule has 2 amide bonds. The van der Waals surface area contributed by atoms with Crippen LogP contribution in [0.3, 0.4) is 0 Å². The Kier molecular flexibility index (Phi) is 6.10. The summed E-state index contributed by atoms with van der Waals surface area (Å²) in [6.45, 7) is 1.45. The second kappa shape index (κ2) is 8.80. The molecule has 1 aromatic heterocycles. The van der Waals surface area contributed by atoms with Gasteiger partial charge in [-0.1, -0.05) is 6.07 Å².